The highest BCUT2D eigenvalue weighted by atomic mass is 35.5. The van der Waals surface area contributed by atoms with Crippen LogP contribution in [-0.2, 0) is 9.53 Å². The second-order valence-electron chi connectivity index (χ2n) is 8.82. The van der Waals surface area contributed by atoms with Gasteiger partial charge in [0.2, 0.25) is 5.91 Å². The number of carbonyl (C=O) groups is 2. The molecule has 196 valence electrons. The van der Waals surface area contributed by atoms with Crippen LogP contribution in [0.3, 0.4) is 0 Å². The first kappa shape index (κ1) is 24.2. The van der Waals surface area contributed by atoms with Gasteiger partial charge >= 0.3 is 6.61 Å². The number of hydrogen-bond acceptors (Lipinski definition) is 7. The normalized spacial score (nSPS) is 17.8. The van der Waals surface area contributed by atoms with Crippen molar-refractivity contribution in [1.82, 2.24) is 29.3 Å². The fourth-order valence-corrected chi connectivity index (χ4v) is 4.77. The number of halogens is 3. The molecule has 4 aromatic rings. The van der Waals surface area contributed by atoms with Crippen LogP contribution in [-0.4, -0.2) is 73.5 Å². The van der Waals surface area contributed by atoms with Gasteiger partial charge in [-0.1, -0.05) is 11.6 Å². The summed E-state index contributed by atoms with van der Waals surface area (Å²) in [6, 6.07) is 5.16. The summed E-state index contributed by atoms with van der Waals surface area (Å²) in [6.45, 7) is -1.61. The van der Waals surface area contributed by atoms with E-state index in [1.807, 2.05) is 0 Å². The Bertz CT molecular complexity index is 1540. The number of anilines is 1. The van der Waals surface area contributed by atoms with Crippen LogP contribution in [0.2, 0.25) is 5.02 Å². The first-order chi connectivity index (χ1) is 18.4. The molecule has 0 aliphatic carbocycles. The van der Waals surface area contributed by atoms with Gasteiger partial charge in [-0.15, -0.1) is 0 Å². The van der Waals surface area contributed by atoms with Crippen molar-refractivity contribution in [1.29, 1.82) is 0 Å². The topological polar surface area (TPSA) is 116 Å². The summed E-state index contributed by atoms with van der Waals surface area (Å²) >= 11 is 6.18. The van der Waals surface area contributed by atoms with E-state index in [-0.39, 0.29) is 45.2 Å². The number of alkyl halides is 2. The molecule has 11 nitrogen and oxygen atoms in total. The number of amides is 2. The van der Waals surface area contributed by atoms with E-state index in [0.29, 0.717) is 31.8 Å². The maximum absolute atomic E-state index is 13.3. The predicted molar refractivity (Wildman–Crippen MR) is 130 cm³/mol. The summed E-state index contributed by atoms with van der Waals surface area (Å²) < 4.78 is 39.2. The van der Waals surface area contributed by atoms with E-state index in [0.717, 1.165) is 0 Å². The number of hydrogen-bond donors (Lipinski definition) is 1. The van der Waals surface area contributed by atoms with Gasteiger partial charge in [-0.2, -0.15) is 19.0 Å². The molecule has 1 unspecified atom stereocenters. The van der Waals surface area contributed by atoms with E-state index < -0.39 is 18.6 Å². The molecule has 14 heteroatoms. The number of fused-ring (bicyclic) bond motifs is 1. The Kier molecular flexibility index (Phi) is 6.16. The zero-order valence-corrected chi connectivity index (χ0v) is 20.4. The summed E-state index contributed by atoms with van der Waals surface area (Å²) in [5.41, 5.74) is 0.920. The third kappa shape index (κ3) is 4.33. The van der Waals surface area contributed by atoms with Crippen LogP contribution >= 0.6 is 11.6 Å². The Morgan fingerprint density at radius 1 is 1.29 bits per heavy atom. The second kappa shape index (κ2) is 9.65. The van der Waals surface area contributed by atoms with Gasteiger partial charge in [-0.3, -0.25) is 14.3 Å². The zero-order chi connectivity index (χ0) is 26.4. The minimum atomic E-state index is -3.10. The average Bonchev–Trinajstić information content (AvgIpc) is 3.56. The van der Waals surface area contributed by atoms with E-state index in [1.165, 1.54) is 46.0 Å². The molecule has 1 atom stereocenters. The van der Waals surface area contributed by atoms with E-state index in [9.17, 15) is 18.4 Å². The van der Waals surface area contributed by atoms with Crippen LogP contribution in [0, 0.1) is 0 Å². The molecule has 1 N–H and O–H groups in total. The average molecular weight is 544 g/mol. The number of nitrogens with one attached hydrogen (secondary N) is 1. The SMILES string of the molecule is O=C(Nc1cn(C2CCN(C3COC3)C2=O)nc1-c1cc(Cl)ccc1OC(F)F)c1cnn2cccnc12. The number of benzene rings is 1. The largest absolute Gasteiger partial charge is 0.434 e. The lowest BCUT2D eigenvalue weighted by molar-refractivity contribution is -0.141. The maximum Gasteiger partial charge on any atom is 0.387 e. The summed E-state index contributed by atoms with van der Waals surface area (Å²) in [5.74, 6) is -0.871. The lowest BCUT2D eigenvalue weighted by Gasteiger charge is -2.34. The summed E-state index contributed by atoms with van der Waals surface area (Å²) in [6.07, 6.45) is 6.53. The van der Waals surface area contributed by atoms with Crippen molar-refractivity contribution in [3.05, 3.63) is 59.6 Å². The van der Waals surface area contributed by atoms with E-state index in [1.54, 1.807) is 17.2 Å². The van der Waals surface area contributed by atoms with Gasteiger partial charge in [-0.05, 0) is 30.7 Å². The molecular formula is C24H20ClF2N7O4. The minimum Gasteiger partial charge on any atom is -0.434 e. The molecule has 0 spiro atoms. The molecule has 38 heavy (non-hydrogen) atoms. The van der Waals surface area contributed by atoms with Gasteiger partial charge in [0.25, 0.3) is 5.91 Å². The van der Waals surface area contributed by atoms with Crippen molar-refractivity contribution < 1.29 is 27.8 Å². The number of ether oxygens (including phenoxy) is 2. The Morgan fingerprint density at radius 3 is 2.89 bits per heavy atom. The lowest BCUT2D eigenvalue weighted by atomic mass is 10.1. The summed E-state index contributed by atoms with van der Waals surface area (Å²) in [7, 11) is 0. The summed E-state index contributed by atoms with van der Waals surface area (Å²) in [4.78, 5) is 32.4. The van der Waals surface area contributed by atoms with Crippen LogP contribution in [0.25, 0.3) is 16.9 Å². The number of nitrogens with zero attached hydrogens (tertiary/aromatic N) is 6. The lowest BCUT2D eigenvalue weighted by Crippen LogP contribution is -2.50. The monoisotopic (exact) mass is 543 g/mol. The highest BCUT2D eigenvalue weighted by Gasteiger charge is 2.40. The van der Waals surface area contributed by atoms with Gasteiger partial charge < -0.3 is 19.7 Å². The number of aromatic nitrogens is 5. The van der Waals surface area contributed by atoms with Crippen molar-refractivity contribution >= 4 is 34.7 Å². The molecule has 3 aromatic heterocycles. The second-order valence-corrected chi connectivity index (χ2v) is 9.25. The molecule has 2 aliphatic rings. The van der Waals surface area contributed by atoms with Crippen molar-refractivity contribution in [2.75, 3.05) is 25.1 Å². The highest BCUT2D eigenvalue weighted by molar-refractivity contribution is 6.31. The van der Waals surface area contributed by atoms with Crippen molar-refractivity contribution in [2.45, 2.75) is 25.1 Å². The van der Waals surface area contributed by atoms with E-state index >= 15 is 0 Å². The molecule has 2 amide bonds. The Morgan fingerprint density at radius 2 is 2.13 bits per heavy atom. The first-order valence-corrected chi connectivity index (χ1v) is 12.1. The molecule has 6 rings (SSSR count). The van der Waals surface area contributed by atoms with Crippen LogP contribution in [0.5, 0.6) is 5.75 Å². The number of carbonyl (C=O) groups excluding carboxylic acids is 2. The van der Waals surface area contributed by atoms with Crippen LogP contribution in [0.1, 0.15) is 22.8 Å². The van der Waals surface area contributed by atoms with Crippen molar-refractivity contribution in [3.63, 3.8) is 0 Å². The van der Waals surface area contributed by atoms with Gasteiger partial charge in [0.05, 0.1) is 37.3 Å². The van der Waals surface area contributed by atoms with Crippen LogP contribution in [0.15, 0.2) is 49.1 Å². The molecule has 0 radical (unpaired) electrons. The van der Waals surface area contributed by atoms with Crippen LogP contribution < -0.4 is 10.1 Å². The predicted octanol–water partition coefficient (Wildman–Crippen LogP) is 3.27. The highest BCUT2D eigenvalue weighted by Crippen LogP contribution is 2.39. The number of rotatable bonds is 7. The number of likely N-dealkylation sites (tertiary alicyclic amines) is 1. The van der Waals surface area contributed by atoms with Crippen molar-refractivity contribution in [2.24, 2.45) is 0 Å². The van der Waals surface area contributed by atoms with Gasteiger partial charge in [0.15, 0.2) is 5.65 Å². The minimum absolute atomic E-state index is 0.0174. The fourth-order valence-electron chi connectivity index (χ4n) is 4.60. The Labute approximate surface area is 218 Å². The molecule has 2 saturated heterocycles. The van der Waals surface area contributed by atoms with Gasteiger partial charge in [-0.25, -0.2) is 9.50 Å². The quantitative estimate of drug-likeness (QED) is 0.380. The van der Waals surface area contributed by atoms with Crippen molar-refractivity contribution in [3.8, 4) is 17.0 Å². The Balaban J connectivity index is 1.40. The maximum atomic E-state index is 13.3. The zero-order valence-electron chi connectivity index (χ0n) is 19.6. The summed E-state index contributed by atoms with van der Waals surface area (Å²) in [5, 5.41) is 11.7. The van der Waals surface area contributed by atoms with Gasteiger partial charge in [0.1, 0.15) is 23.0 Å². The molecule has 0 bridgehead atoms. The molecule has 5 heterocycles. The van der Waals surface area contributed by atoms with E-state index in [4.69, 9.17) is 21.1 Å². The molecule has 0 saturated carbocycles. The third-order valence-corrected chi connectivity index (χ3v) is 6.74. The molecular weight excluding hydrogens is 524 g/mol. The molecule has 2 aliphatic heterocycles. The standard InChI is InChI=1S/C24H20ClF2N7O4/c25-13-2-3-19(38-24(26)27)15(8-13)20-17(30-22(35)16-9-29-33-6-1-5-28-21(16)33)10-34(31-20)18-4-7-32(23(18)36)14-11-37-12-14/h1-3,5-6,8-10,14,18,24H,4,7,11-12H2,(H,30,35). The third-order valence-electron chi connectivity index (χ3n) is 6.51. The first-order valence-electron chi connectivity index (χ1n) is 11.7. The smallest absolute Gasteiger partial charge is 0.387 e. The van der Waals surface area contributed by atoms with E-state index in [2.05, 4.69) is 20.5 Å². The van der Waals surface area contributed by atoms with Gasteiger partial charge in [0, 0.05) is 29.5 Å². The fraction of sp³-hybridized carbons (Fsp3) is 0.292. The van der Waals surface area contributed by atoms with Crippen LogP contribution in [0.4, 0.5) is 14.5 Å². The molecule has 1 aromatic carbocycles. The Hall–Kier alpha value is -4.10. The molecule has 2 fully saturated rings.